The molecule has 4 rings (SSSR count). The number of benzene rings is 1. The summed E-state index contributed by atoms with van der Waals surface area (Å²) in [7, 11) is 0. The fourth-order valence-electron chi connectivity index (χ4n) is 3.76. The van der Waals surface area contributed by atoms with Gasteiger partial charge in [-0.05, 0) is 41.9 Å². The van der Waals surface area contributed by atoms with Crippen LogP contribution in [0.1, 0.15) is 6.42 Å². The van der Waals surface area contributed by atoms with E-state index in [4.69, 9.17) is 0 Å². The molecular formula is C17H15N3O3S. The number of hydrogen-bond acceptors (Lipinski definition) is 5. The summed E-state index contributed by atoms with van der Waals surface area (Å²) in [6, 6.07) is 7.32. The molecule has 4 atom stereocenters. The summed E-state index contributed by atoms with van der Waals surface area (Å²) >= 11 is 1.28. The number of rotatable bonds is 4. The first-order chi connectivity index (χ1) is 11.6. The number of anilines is 1. The molecule has 2 bridgehead atoms. The van der Waals surface area contributed by atoms with Gasteiger partial charge in [-0.2, -0.15) is 0 Å². The van der Waals surface area contributed by atoms with Crippen LogP contribution < -0.4 is 5.32 Å². The summed E-state index contributed by atoms with van der Waals surface area (Å²) in [5.74, 6) is -2.24. The van der Waals surface area contributed by atoms with E-state index in [0.29, 0.717) is 5.69 Å². The quantitative estimate of drug-likeness (QED) is 0.834. The first-order valence-corrected chi connectivity index (χ1v) is 8.56. The third-order valence-electron chi connectivity index (χ3n) is 4.86. The zero-order chi connectivity index (χ0) is 16.7. The van der Waals surface area contributed by atoms with Gasteiger partial charge in [0, 0.05) is 16.6 Å². The molecule has 2 aromatic rings. The van der Waals surface area contributed by atoms with Crippen LogP contribution in [0, 0.1) is 23.7 Å². The van der Waals surface area contributed by atoms with Crippen molar-refractivity contribution in [3.63, 3.8) is 0 Å². The van der Waals surface area contributed by atoms with Gasteiger partial charge >= 0.3 is 5.97 Å². The minimum Gasteiger partial charge on any atom is -0.481 e. The van der Waals surface area contributed by atoms with Gasteiger partial charge in [-0.25, -0.2) is 0 Å². The molecule has 2 N–H and O–H groups in total. The number of carbonyl (C=O) groups excluding carboxylic acids is 1. The van der Waals surface area contributed by atoms with Crippen LogP contribution in [0.15, 0.2) is 41.8 Å². The molecule has 7 heteroatoms. The smallest absolute Gasteiger partial charge is 0.307 e. The van der Waals surface area contributed by atoms with Crippen molar-refractivity contribution in [3.05, 3.63) is 41.8 Å². The van der Waals surface area contributed by atoms with E-state index in [2.05, 4.69) is 14.9 Å². The average Bonchev–Trinajstić information content (AvgIpc) is 3.31. The molecule has 1 saturated carbocycles. The van der Waals surface area contributed by atoms with Crippen LogP contribution in [0.2, 0.25) is 0 Å². The summed E-state index contributed by atoms with van der Waals surface area (Å²) in [5, 5.41) is 18.2. The topological polar surface area (TPSA) is 92.2 Å². The maximum atomic E-state index is 12.6. The van der Waals surface area contributed by atoms with Gasteiger partial charge in [0.15, 0.2) is 0 Å². The Morgan fingerprint density at radius 1 is 1.12 bits per heavy atom. The third kappa shape index (κ3) is 2.50. The predicted octanol–water partition coefficient (Wildman–Crippen LogP) is 2.67. The van der Waals surface area contributed by atoms with Crippen LogP contribution in [-0.2, 0) is 9.59 Å². The molecule has 1 heterocycles. The Hall–Kier alpha value is -2.54. The van der Waals surface area contributed by atoms with Crippen molar-refractivity contribution in [3.8, 4) is 11.3 Å². The molecule has 2 aliphatic rings. The lowest BCUT2D eigenvalue weighted by atomic mass is 9.82. The van der Waals surface area contributed by atoms with Crippen molar-refractivity contribution in [2.45, 2.75) is 6.42 Å². The lowest BCUT2D eigenvalue weighted by molar-refractivity contribution is -0.146. The number of carbonyl (C=O) groups is 2. The highest BCUT2D eigenvalue weighted by atomic mass is 32.1. The van der Waals surface area contributed by atoms with E-state index in [-0.39, 0.29) is 17.7 Å². The van der Waals surface area contributed by atoms with Crippen molar-refractivity contribution in [2.75, 3.05) is 5.32 Å². The summed E-state index contributed by atoms with van der Waals surface area (Å²) < 4.78 is 3.83. The Labute approximate surface area is 142 Å². The number of nitrogens with zero attached hydrogens (tertiary/aromatic N) is 2. The van der Waals surface area contributed by atoms with Crippen LogP contribution in [0.5, 0.6) is 0 Å². The number of allylic oxidation sites excluding steroid dienone is 2. The largest absolute Gasteiger partial charge is 0.481 e. The molecule has 0 unspecified atom stereocenters. The zero-order valence-corrected chi connectivity index (χ0v) is 13.4. The van der Waals surface area contributed by atoms with E-state index in [0.717, 1.165) is 17.7 Å². The van der Waals surface area contributed by atoms with E-state index in [1.54, 1.807) is 12.1 Å². The normalized spacial score (nSPS) is 27.3. The fourth-order valence-corrected chi connectivity index (χ4v) is 4.22. The molecule has 0 aliphatic heterocycles. The Morgan fingerprint density at radius 2 is 1.83 bits per heavy atom. The van der Waals surface area contributed by atoms with Gasteiger partial charge in [0.1, 0.15) is 5.69 Å². The van der Waals surface area contributed by atoms with Crippen molar-refractivity contribution >= 4 is 29.1 Å². The van der Waals surface area contributed by atoms with Gasteiger partial charge in [0.2, 0.25) is 5.91 Å². The first kappa shape index (κ1) is 15.0. The molecule has 0 spiro atoms. The second kappa shape index (κ2) is 5.83. The second-order valence-corrected chi connectivity index (χ2v) is 6.80. The maximum absolute atomic E-state index is 12.6. The van der Waals surface area contributed by atoms with Crippen LogP contribution >= 0.6 is 11.5 Å². The van der Waals surface area contributed by atoms with Crippen LogP contribution in [0.25, 0.3) is 11.3 Å². The highest BCUT2D eigenvalue weighted by Gasteiger charge is 2.51. The molecule has 1 fully saturated rings. The van der Waals surface area contributed by atoms with Crippen LogP contribution in [-0.4, -0.2) is 26.6 Å². The number of hydrogen-bond donors (Lipinski definition) is 2. The van der Waals surface area contributed by atoms with E-state index in [1.807, 2.05) is 29.7 Å². The fraction of sp³-hybridized carbons (Fsp3) is 0.294. The molecular weight excluding hydrogens is 326 g/mol. The van der Waals surface area contributed by atoms with Crippen molar-refractivity contribution in [1.82, 2.24) is 9.59 Å². The van der Waals surface area contributed by atoms with Gasteiger partial charge in [-0.3, -0.25) is 9.59 Å². The number of aliphatic carboxylic acids is 1. The molecule has 1 amide bonds. The minimum atomic E-state index is -0.890. The standard InChI is InChI=1S/C17H15N3O3S/c21-16(14-10-1-2-11(7-10)15(14)17(22)23)18-12-5-3-9(4-6-12)13-8-24-20-19-13/h1-6,8,10-11,14-15H,7H2,(H,18,21)(H,22,23)/t10-,11-,14-,15-/m0/s1. The minimum absolute atomic E-state index is 0.0245. The van der Waals surface area contributed by atoms with Crippen molar-refractivity contribution in [2.24, 2.45) is 23.7 Å². The number of carboxylic acids is 1. The van der Waals surface area contributed by atoms with Gasteiger partial charge in [0.05, 0.1) is 11.8 Å². The monoisotopic (exact) mass is 341 g/mol. The van der Waals surface area contributed by atoms with Crippen molar-refractivity contribution < 1.29 is 14.7 Å². The highest BCUT2D eigenvalue weighted by molar-refractivity contribution is 7.03. The molecule has 1 aromatic heterocycles. The number of amides is 1. The Bertz CT molecular complexity index is 801. The van der Waals surface area contributed by atoms with E-state index in [1.165, 1.54) is 11.5 Å². The molecule has 1 aromatic carbocycles. The SMILES string of the molecule is O=C(O)[C@@H]1[C@@H](C(=O)Nc2ccc(-c3csnn3)cc2)[C@H]2C=C[C@H]1C2. The molecule has 24 heavy (non-hydrogen) atoms. The Kier molecular flexibility index (Phi) is 3.65. The summed E-state index contributed by atoms with van der Waals surface area (Å²) in [5.41, 5.74) is 2.37. The Morgan fingerprint density at radius 3 is 2.46 bits per heavy atom. The van der Waals surface area contributed by atoms with Gasteiger partial charge < -0.3 is 10.4 Å². The molecule has 0 saturated heterocycles. The number of aromatic nitrogens is 2. The predicted molar refractivity (Wildman–Crippen MR) is 89.3 cm³/mol. The Balaban J connectivity index is 1.50. The molecule has 0 radical (unpaired) electrons. The summed E-state index contributed by atoms with van der Waals surface area (Å²) in [6.45, 7) is 0. The van der Waals surface area contributed by atoms with Gasteiger partial charge in [0.25, 0.3) is 0 Å². The number of nitrogens with one attached hydrogen (secondary N) is 1. The van der Waals surface area contributed by atoms with Crippen LogP contribution in [0.3, 0.4) is 0 Å². The van der Waals surface area contributed by atoms with E-state index in [9.17, 15) is 14.7 Å². The van der Waals surface area contributed by atoms with Gasteiger partial charge in [-0.15, -0.1) is 5.10 Å². The lowest BCUT2D eigenvalue weighted by Gasteiger charge is -2.23. The van der Waals surface area contributed by atoms with Crippen molar-refractivity contribution in [1.29, 1.82) is 0 Å². The second-order valence-electron chi connectivity index (χ2n) is 6.19. The number of fused-ring (bicyclic) bond motifs is 2. The summed E-state index contributed by atoms with van der Waals surface area (Å²) in [6.07, 6.45) is 4.67. The number of carboxylic acid groups (broad SMARTS) is 1. The first-order valence-electron chi connectivity index (χ1n) is 7.73. The lowest BCUT2D eigenvalue weighted by Crippen LogP contribution is -2.36. The third-order valence-corrected chi connectivity index (χ3v) is 5.36. The summed E-state index contributed by atoms with van der Waals surface area (Å²) in [4.78, 5) is 24.1. The highest BCUT2D eigenvalue weighted by Crippen LogP contribution is 2.48. The van der Waals surface area contributed by atoms with Crippen LogP contribution in [0.4, 0.5) is 5.69 Å². The van der Waals surface area contributed by atoms with E-state index < -0.39 is 17.8 Å². The molecule has 2 aliphatic carbocycles. The maximum Gasteiger partial charge on any atom is 0.307 e. The van der Waals surface area contributed by atoms with Gasteiger partial charge in [-0.1, -0.05) is 28.8 Å². The zero-order valence-electron chi connectivity index (χ0n) is 12.6. The molecule has 122 valence electrons. The van der Waals surface area contributed by atoms with E-state index >= 15 is 0 Å². The molecule has 6 nitrogen and oxygen atoms in total. The average molecular weight is 341 g/mol.